The lowest BCUT2D eigenvalue weighted by Crippen LogP contribution is -2.32. The number of amides is 2. The van der Waals surface area contributed by atoms with Gasteiger partial charge in [0.15, 0.2) is 0 Å². The van der Waals surface area contributed by atoms with Crippen molar-refractivity contribution >= 4 is 56.1 Å². The number of aryl methyl sites for hydroxylation is 2. The number of anilines is 1. The van der Waals surface area contributed by atoms with Gasteiger partial charge >= 0.3 is 11.9 Å². The molecule has 0 saturated carbocycles. The van der Waals surface area contributed by atoms with Gasteiger partial charge in [-0.15, -0.1) is 5.06 Å². The predicted molar refractivity (Wildman–Crippen MR) is 196 cm³/mol. The lowest BCUT2D eigenvalue weighted by Gasteiger charge is -2.20. The maximum atomic E-state index is 13.3. The SMILES string of the molecule is C=C(/C=C\C(CC(=O)ON1C(=O)CCC1=O)=C(/C)c1c2cc(C)c(=NCC)cc-2oc2cc(NCC)c(C)cc12)CC(=O)OCCCCS(=O)(=O)O. The molecule has 0 atom stereocenters. The number of carbonyl (C=O) groups excluding carboxylic acids is 4. The van der Waals surface area contributed by atoms with Crippen LogP contribution >= 0.6 is 0 Å². The lowest BCUT2D eigenvalue weighted by atomic mass is 9.89. The number of imide groups is 1. The van der Waals surface area contributed by atoms with E-state index in [1.165, 1.54) is 0 Å². The third kappa shape index (κ3) is 10.3. The minimum atomic E-state index is -4.09. The molecule has 0 radical (unpaired) electrons. The van der Waals surface area contributed by atoms with Crippen LogP contribution in [0.15, 0.2) is 63.6 Å². The van der Waals surface area contributed by atoms with Gasteiger partial charge in [-0.1, -0.05) is 18.7 Å². The van der Waals surface area contributed by atoms with E-state index in [1.807, 2.05) is 58.9 Å². The van der Waals surface area contributed by atoms with E-state index in [1.54, 1.807) is 12.2 Å². The van der Waals surface area contributed by atoms with Crippen molar-refractivity contribution in [2.24, 2.45) is 4.99 Å². The number of hydrogen-bond donors (Lipinski definition) is 2. The second-order valence-corrected chi connectivity index (χ2v) is 14.1. The second-order valence-electron chi connectivity index (χ2n) is 12.5. The number of esters is 1. The van der Waals surface area contributed by atoms with Gasteiger partial charge in [0, 0.05) is 54.7 Å². The van der Waals surface area contributed by atoms with Crippen LogP contribution in [0, 0.1) is 13.8 Å². The fourth-order valence-electron chi connectivity index (χ4n) is 5.83. The lowest BCUT2D eigenvalue weighted by molar-refractivity contribution is -0.196. The Kier molecular flexibility index (Phi) is 13.3. The van der Waals surface area contributed by atoms with Crippen LogP contribution in [0.3, 0.4) is 0 Å². The van der Waals surface area contributed by atoms with Crippen molar-refractivity contribution in [3.8, 4) is 11.3 Å². The van der Waals surface area contributed by atoms with Crippen LogP contribution in [0.2, 0.25) is 0 Å². The molecule has 0 spiro atoms. The van der Waals surface area contributed by atoms with Gasteiger partial charge in [-0.25, -0.2) is 4.79 Å². The summed E-state index contributed by atoms with van der Waals surface area (Å²) in [4.78, 5) is 60.1. The van der Waals surface area contributed by atoms with Crippen molar-refractivity contribution in [3.63, 3.8) is 0 Å². The zero-order chi connectivity index (χ0) is 38.2. The van der Waals surface area contributed by atoms with E-state index in [4.69, 9.17) is 18.5 Å². The van der Waals surface area contributed by atoms with Crippen molar-refractivity contribution in [3.05, 3.63) is 76.2 Å². The number of hydrogen-bond acceptors (Lipinski definition) is 11. The Morgan fingerprint density at radius 3 is 2.38 bits per heavy atom. The quantitative estimate of drug-likeness (QED) is 0.0440. The van der Waals surface area contributed by atoms with Crippen molar-refractivity contribution in [2.45, 2.75) is 73.1 Å². The van der Waals surface area contributed by atoms with Gasteiger partial charge in [0.1, 0.15) is 11.3 Å². The molecule has 2 aliphatic heterocycles. The molecule has 4 rings (SSSR count). The molecular formula is C38H45N3O10S. The fraction of sp³-hybridized carbons (Fsp3) is 0.395. The van der Waals surface area contributed by atoms with Gasteiger partial charge in [-0.2, -0.15) is 8.42 Å². The third-order valence-electron chi connectivity index (χ3n) is 8.42. The first-order valence-corrected chi connectivity index (χ1v) is 18.7. The first-order chi connectivity index (χ1) is 24.6. The van der Waals surface area contributed by atoms with E-state index in [2.05, 4.69) is 16.9 Å². The molecular weight excluding hydrogens is 690 g/mol. The summed E-state index contributed by atoms with van der Waals surface area (Å²) in [5, 5.41) is 5.44. The number of nitrogens with zero attached hydrogens (tertiary/aromatic N) is 2. The molecule has 2 amide bonds. The molecule has 0 unspecified atom stereocenters. The molecule has 1 fully saturated rings. The summed E-state index contributed by atoms with van der Waals surface area (Å²) in [6.07, 6.45) is 2.98. The molecule has 1 aromatic rings. The third-order valence-corrected chi connectivity index (χ3v) is 9.23. The highest BCUT2D eigenvalue weighted by Gasteiger charge is 2.33. The molecule has 1 saturated heterocycles. The van der Waals surface area contributed by atoms with Gasteiger partial charge in [-0.3, -0.25) is 23.9 Å². The number of carbonyl (C=O) groups is 4. The Labute approximate surface area is 303 Å². The zero-order valence-electron chi connectivity index (χ0n) is 30.2. The summed E-state index contributed by atoms with van der Waals surface area (Å²) in [7, 11) is -4.09. The average molecular weight is 736 g/mol. The summed E-state index contributed by atoms with van der Waals surface area (Å²) in [6, 6.07) is 7.83. The second kappa shape index (κ2) is 17.4. The van der Waals surface area contributed by atoms with Crippen LogP contribution in [0.5, 0.6) is 0 Å². The topological polar surface area (TPSA) is 182 Å². The number of hydroxylamine groups is 2. The standard InChI is InChI=1S/C38H45N3O10S/c1-7-39-30-21-32-28(18-24(30)4)38(29-19-25(5)31(40-8-2)22-33(29)50-32)26(6)27(20-37(45)51-41-34(42)13-14-35(41)43)12-11-23(3)17-36(44)49-15-9-10-16-52(46,47)48/h11-12,18-19,21-22,39H,3,7-10,13-17,20H2,1-2,4-6H3,(H,46,47,48)/b12-11-,27-26-,40-31?. The van der Waals surface area contributed by atoms with Gasteiger partial charge in [0.2, 0.25) is 0 Å². The number of fused-ring (bicyclic) bond motifs is 2. The molecule has 1 aliphatic carbocycles. The van der Waals surface area contributed by atoms with E-state index in [-0.39, 0.29) is 45.1 Å². The Morgan fingerprint density at radius 2 is 1.73 bits per heavy atom. The molecule has 3 aliphatic rings. The summed E-state index contributed by atoms with van der Waals surface area (Å²) in [5.41, 5.74) is 6.44. The summed E-state index contributed by atoms with van der Waals surface area (Å²) >= 11 is 0. The highest BCUT2D eigenvalue weighted by molar-refractivity contribution is 7.85. The number of allylic oxidation sites excluding steroid dienone is 3. The van der Waals surface area contributed by atoms with Gasteiger partial charge in [0.25, 0.3) is 21.9 Å². The van der Waals surface area contributed by atoms with Gasteiger partial charge in [-0.05, 0) is 93.0 Å². The van der Waals surface area contributed by atoms with Crippen LogP contribution in [0.25, 0.3) is 27.9 Å². The first kappa shape index (κ1) is 39.7. The van der Waals surface area contributed by atoms with E-state index in [0.29, 0.717) is 46.2 Å². The van der Waals surface area contributed by atoms with Crippen LogP contribution in [0.4, 0.5) is 5.69 Å². The van der Waals surface area contributed by atoms with Crippen molar-refractivity contribution in [2.75, 3.05) is 30.8 Å². The average Bonchev–Trinajstić information content (AvgIpc) is 3.38. The number of ether oxygens (including phenoxy) is 1. The molecule has 0 aromatic heterocycles. The van der Waals surface area contributed by atoms with Gasteiger partial charge < -0.3 is 19.3 Å². The minimum Gasteiger partial charge on any atom is -0.465 e. The zero-order valence-corrected chi connectivity index (χ0v) is 31.0. The van der Waals surface area contributed by atoms with E-state index in [0.717, 1.165) is 38.7 Å². The van der Waals surface area contributed by atoms with Crippen molar-refractivity contribution in [1.29, 1.82) is 0 Å². The van der Waals surface area contributed by atoms with E-state index >= 15 is 0 Å². The molecule has 278 valence electrons. The van der Waals surface area contributed by atoms with Gasteiger partial charge in [0.05, 0.1) is 30.6 Å². The molecule has 2 heterocycles. The maximum absolute atomic E-state index is 13.3. The normalized spacial score (nSPS) is 14.4. The van der Waals surface area contributed by atoms with Crippen molar-refractivity contribution in [1.82, 2.24) is 5.06 Å². The Hall–Kier alpha value is -5.08. The highest BCUT2D eigenvalue weighted by Crippen LogP contribution is 2.41. The van der Waals surface area contributed by atoms with Crippen LogP contribution in [-0.4, -0.2) is 67.2 Å². The molecule has 2 N–H and O–H groups in total. The molecule has 14 heteroatoms. The molecule has 0 bridgehead atoms. The molecule has 1 aromatic carbocycles. The first-order valence-electron chi connectivity index (χ1n) is 17.1. The number of nitrogens with one attached hydrogen (secondary N) is 1. The largest absolute Gasteiger partial charge is 0.465 e. The van der Waals surface area contributed by atoms with Crippen LogP contribution in [0.1, 0.15) is 76.0 Å². The Bertz CT molecular complexity index is 2090. The highest BCUT2D eigenvalue weighted by atomic mass is 32.2. The van der Waals surface area contributed by atoms with E-state index < -0.39 is 39.6 Å². The number of benzene rings is 2. The summed E-state index contributed by atoms with van der Waals surface area (Å²) < 4.78 is 42.4. The van der Waals surface area contributed by atoms with Crippen molar-refractivity contribution < 1.29 is 46.1 Å². The summed E-state index contributed by atoms with van der Waals surface area (Å²) in [5.74, 6) is -2.47. The predicted octanol–water partition coefficient (Wildman–Crippen LogP) is 5.99. The monoisotopic (exact) mass is 735 g/mol. The fourth-order valence-corrected chi connectivity index (χ4v) is 6.39. The molecule has 52 heavy (non-hydrogen) atoms. The maximum Gasteiger partial charge on any atom is 0.337 e. The minimum absolute atomic E-state index is 0.0316. The number of unbranched alkanes of at least 4 members (excludes halogenated alkanes) is 1. The van der Waals surface area contributed by atoms with E-state index in [9.17, 15) is 27.6 Å². The summed E-state index contributed by atoms with van der Waals surface area (Å²) in [6.45, 7) is 15.0. The smallest absolute Gasteiger partial charge is 0.337 e. The Morgan fingerprint density at radius 1 is 1.02 bits per heavy atom. The van der Waals surface area contributed by atoms with Crippen LogP contribution in [-0.2, 0) is 38.9 Å². The Balaban J connectivity index is 1.79. The number of rotatable bonds is 16. The molecule has 13 nitrogen and oxygen atoms in total. The van der Waals surface area contributed by atoms with Crippen LogP contribution < -0.4 is 10.7 Å².